The number of nitrogens with two attached hydrogens (primary N) is 1. The first-order chi connectivity index (χ1) is 20.3. The zero-order valence-electron chi connectivity index (χ0n) is 24.1. The highest BCUT2D eigenvalue weighted by Crippen LogP contribution is 2.48. The van der Waals surface area contributed by atoms with Crippen molar-refractivity contribution in [2.24, 2.45) is 0 Å². The molecule has 1 atom stereocenters. The van der Waals surface area contributed by atoms with E-state index in [1.165, 1.54) is 17.4 Å². The first kappa shape index (κ1) is 28.2. The van der Waals surface area contributed by atoms with Gasteiger partial charge in [0.1, 0.15) is 22.9 Å². The lowest BCUT2D eigenvalue weighted by molar-refractivity contribution is -0.126. The number of nitrogen functional groups attached to an aromatic ring is 1. The average molecular weight is 589 g/mol. The first-order valence-electron chi connectivity index (χ1n) is 14.5. The molecule has 0 saturated carbocycles. The van der Waals surface area contributed by atoms with E-state index in [0.717, 1.165) is 61.3 Å². The lowest BCUT2D eigenvalue weighted by Gasteiger charge is -2.36. The van der Waals surface area contributed by atoms with Crippen LogP contribution in [0.25, 0.3) is 11.5 Å². The second-order valence-corrected chi connectivity index (χ2v) is 12.7. The van der Waals surface area contributed by atoms with Crippen LogP contribution in [0.4, 0.5) is 10.7 Å². The van der Waals surface area contributed by atoms with Crippen molar-refractivity contribution in [3.63, 3.8) is 0 Å². The highest BCUT2D eigenvalue weighted by atomic mass is 32.1. The maximum atomic E-state index is 12.1. The van der Waals surface area contributed by atoms with E-state index < -0.39 is 5.41 Å². The number of nitrogens with zero attached hydrogens (tertiary/aromatic N) is 7. The molecule has 0 bridgehead atoms. The monoisotopic (exact) mass is 588 g/mol. The van der Waals surface area contributed by atoms with Crippen molar-refractivity contribution in [2.75, 3.05) is 56.9 Å². The Labute approximate surface area is 249 Å². The summed E-state index contributed by atoms with van der Waals surface area (Å²) < 4.78 is 12.3. The van der Waals surface area contributed by atoms with E-state index in [1.54, 1.807) is 4.90 Å². The topological polar surface area (TPSA) is 138 Å². The van der Waals surface area contributed by atoms with Crippen LogP contribution in [0.5, 0.6) is 5.88 Å². The minimum Gasteiger partial charge on any atom is -0.474 e. The Balaban J connectivity index is 1.33. The van der Waals surface area contributed by atoms with Crippen LogP contribution in [0, 0.1) is 11.3 Å². The van der Waals surface area contributed by atoms with Gasteiger partial charge in [-0.1, -0.05) is 11.7 Å². The molecule has 12 heteroatoms. The van der Waals surface area contributed by atoms with Crippen molar-refractivity contribution in [2.45, 2.75) is 50.5 Å². The minimum atomic E-state index is -0.614. The molecule has 11 nitrogen and oxygen atoms in total. The largest absolute Gasteiger partial charge is 0.474 e. The molecule has 5 heterocycles. The van der Waals surface area contributed by atoms with Gasteiger partial charge < -0.3 is 29.7 Å². The van der Waals surface area contributed by atoms with Crippen molar-refractivity contribution in [3.05, 3.63) is 46.7 Å². The number of likely N-dealkylation sites (tertiary alicyclic amines) is 1. The molecule has 2 fully saturated rings. The smallest absolute Gasteiger partial charge is 0.246 e. The quantitative estimate of drug-likeness (QED) is 0.425. The predicted molar refractivity (Wildman–Crippen MR) is 161 cm³/mol. The third-order valence-electron chi connectivity index (χ3n) is 8.75. The van der Waals surface area contributed by atoms with E-state index in [-0.39, 0.29) is 12.0 Å². The van der Waals surface area contributed by atoms with Gasteiger partial charge >= 0.3 is 0 Å². The minimum absolute atomic E-state index is 0.0537. The predicted octanol–water partition coefficient (Wildman–Crippen LogP) is 3.60. The molecule has 1 amide bonds. The number of pyridine rings is 1. The molecule has 1 aliphatic carbocycles. The van der Waals surface area contributed by atoms with E-state index >= 15 is 0 Å². The van der Waals surface area contributed by atoms with Gasteiger partial charge in [0.25, 0.3) is 0 Å². The molecule has 3 aliphatic rings. The van der Waals surface area contributed by atoms with E-state index in [2.05, 4.69) is 41.6 Å². The highest BCUT2D eigenvalue weighted by Gasteiger charge is 2.43. The molecule has 0 spiro atoms. The molecular formula is C30H36N8O3S. The summed E-state index contributed by atoms with van der Waals surface area (Å²) in [5, 5.41) is 14.8. The normalized spacial score (nSPS) is 21.5. The van der Waals surface area contributed by atoms with Gasteiger partial charge in [0.05, 0.1) is 11.0 Å². The molecule has 6 rings (SSSR count). The van der Waals surface area contributed by atoms with Crippen LogP contribution in [-0.2, 0) is 16.6 Å². The first-order valence-corrected chi connectivity index (χ1v) is 15.3. The summed E-state index contributed by atoms with van der Waals surface area (Å²) in [7, 11) is 2.12. The third-order valence-corrected chi connectivity index (χ3v) is 9.83. The maximum absolute atomic E-state index is 12.1. The van der Waals surface area contributed by atoms with Crippen LogP contribution in [0.15, 0.2) is 29.3 Å². The number of carbonyl (C=O) groups is 1. The SMILES string of the molecule is C=CC(=O)N1CCN(c2cc(OC3CCN(C)CC3)nc(-c3noc(C4(C)CCCc5sc(N)c(C#N)c54)n3)c2)CC1. The number of ether oxygens (including phenoxy) is 1. The number of piperidine rings is 1. The summed E-state index contributed by atoms with van der Waals surface area (Å²) in [6.07, 6.45) is 5.90. The number of hydrogen-bond donors (Lipinski definition) is 1. The van der Waals surface area contributed by atoms with Gasteiger partial charge in [-0.15, -0.1) is 11.3 Å². The number of carbonyl (C=O) groups excluding carboxylic acids is 1. The van der Waals surface area contributed by atoms with E-state index in [1.807, 2.05) is 12.1 Å². The molecule has 0 radical (unpaired) electrons. The summed E-state index contributed by atoms with van der Waals surface area (Å²) in [5.74, 6) is 1.29. The molecule has 220 valence electrons. The van der Waals surface area contributed by atoms with Crippen molar-refractivity contribution >= 4 is 27.9 Å². The Morgan fingerprint density at radius 3 is 2.71 bits per heavy atom. The standard InChI is InChI=1S/C30H36N8O3S/c1-4-25(39)38-14-12-37(13-15-38)19-16-22(33-24(17-19)40-20-7-10-36(3)11-8-20)28-34-29(41-35-28)30(2)9-5-6-23-26(30)21(18-31)27(32)42-23/h4,16-17,20H,1,5-15,32H2,2-3H3. The second kappa shape index (κ2) is 11.4. The van der Waals surface area contributed by atoms with Crippen LogP contribution in [0.1, 0.15) is 54.5 Å². The number of nitriles is 1. The van der Waals surface area contributed by atoms with Crippen LogP contribution in [0.2, 0.25) is 0 Å². The zero-order valence-corrected chi connectivity index (χ0v) is 25.0. The Hall–Kier alpha value is -3.95. The number of fused-ring (bicyclic) bond motifs is 1. The van der Waals surface area contributed by atoms with Crippen molar-refractivity contribution in [1.29, 1.82) is 5.26 Å². The van der Waals surface area contributed by atoms with Crippen LogP contribution in [-0.4, -0.2) is 83.3 Å². The number of aryl methyl sites for hydroxylation is 1. The van der Waals surface area contributed by atoms with Crippen LogP contribution < -0.4 is 15.4 Å². The Morgan fingerprint density at radius 2 is 2.00 bits per heavy atom. The molecule has 3 aromatic heterocycles. The maximum Gasteiger partial charge on any atom is 0.246 e. The van der Waals surface area contributed by atoms with Crippen molar-refractivity contribution in [1.82, 2.24) is 24.9 Å². The molecule has 2 N–H and O–H groups in total. The molecular weight excluding hydrogens is 552 g/mol. The molecule has 42 heavy (non-hydrogen) atoms. The highest BCUT2D eigenvalue weighted by molar-refractivity contribution is 7.16. The van der Waals surface area contributed by atoms with Gasteiger partial charge in [-0.25, -0.2) is 4.98 Å². The summed E-state index contributed by atoms with van der Waals surface area (Å²) in [4.78, 5) is 29.3. The summed E-state index contributed by atoms with van der Waals surface area (Å²) >= 11 is 1.48. The molecule has 1 unspecified atom stereocenters. The van der Waals surface area contributed by atoms with Gasteiger partial charge in [-0.05, 0) is 58.2 Å². The number of rotatable bonds is 6. The molecule has 0 aromatic carbocycles. The van der Waals surface area contributed by atoms with Gasteiger partial charge in [-0.2, -0.15) is 10.2 Å². The number of piperazine rings is 1. The number of aromatic nitrogens is 3. The van der Waals surface area contributed by atoms with Crippen molar-refractivity contribution in [3.8, 4) is 23.5 Å². The summed E-state index contributed by atoms with van der Waals surface area (Å²) in [5.41, 5.74) is 8.52. The van der Waals surface area contributed by atoms with Crippen molar-refractivity contribution < 1.29 is 14.1 Å². The lowest BCUT2D eigenvalue weighted by atomic mass is 9.72. The number of amides is 1. The molecule has 3 aromatic rings. The van der Waals surface area contributed by atoms with Gasteiger partial charge in [0, 0.05) is 61.5 Å². The van der Waals surface area contributed by atoms with E-state index in [4.69, 9.17) is 25.0 Å². The van der Waals surface area contributed by atoms with Crippen LogP contribution in [0.3, 0.4) is 0 Å². The Bertz CT molecular complexity index is 1530. The van der Waals surface area contributed by atoms with E-state index in [0.29, 0.717) is 60.0 Å². The average Bonchev–Trinajstić information content (AvgIpc) is 3.64. The third kappa shape index (κ3) is 5.23. The van der Waals surface area contributed by atoms with Crippen LogP contribution >= 0.6 is 11.3 Å². The lowest BCUT2D eigenvalue weighted by Crippen LogP contribution is -2.48. The number of thiophene rings is 1. The fourth-order valence-electron chi connectivity index (χ4n) is 6.30. The van der Waals surface area contributed by atoms with Gasteiger partial charge in [-0.3, -0.25) is 4.79 Å². The fourth-order valence-corrected chi connectivity index (χ4v) is 7.49. The second-order valence-electron chi connectivity index (χ2n) is 11.5. The zero-order chi connectivity index (χ0) is 29.4. The van der Waals surface area contributed by atoms with Gasteiger partial charge in [0.2, 0.25) is 23.5 Å². The Morgan fingerprint density at radius 1 is 1.24 bits per heavy atom. The number of hydrogen-bond acceptors (Lipinski definition) is 11. The molecule has 2 saturated heterocycles. The Kier molecular flexibility index (Phi) is 7.64. The summed E-state index contributed by atoms with van der Waals surface area (Å²) in [6.45, 7) is 10.2. The number of anilines is 2. The summed E-state index contributed by atoms with van der Waals surface area (Å²) in [6, 6.07) is 6.23. The van der Waals surface area contributed by atoms with E-state index in [9.17, 15) is 10.1 Å². The van der Waals surface area contributed by atoms with Gasteiger partial charge in [0.15, 0.2) is 0 Å². The fraction of sp³-hybridized carbons (Fsp3) is 0.500. The molecule has 2 aliphatic heterocycles.